The predicted molar refractivity (Wildman–Crippen MR) is 123 cm³/mol. The third-order valence-corrected chi connectivity index (χ3v) is 7.66. The van der Waals surface area contributed by atoms with Gasteiger partial charge in [-0.15, -0.1) is 0 Å². The fraction of sp³-hybridized carbons (Fsp3) is 0.250. The van der Waals surface area contributed by atoms with Gasteiger partial charge in [-0.05, 0) is 47.4 Å². The van der Waals surface area contributed by atoms with Crippen molar-refractivity contribution < 1.29 is 19.1 Å². The Morgan fingerprint density at radius 3 is 2.18 bits per heavy atom. The summed E-state index contributed by atoms with van der Waals surface area (Å²) in [4.78, 5) is 41.4. The number of anilines is 1. The lowest BCUT2D eigenvalue weighted by atomic mass is 9.48. The molecule has 1 fully saturated rings. The second-order valence-corrected chi connectivity index (χ2v) is 9.14. The summed E-state index contributed by atoms with van der Waals surface area (Å²) in [6, 6.07) is 23.0. The fourth-order valence-electron chi connectivity index (χ4n) is 6.39. The van der Waals surface area contributed by atoms with Crippen LogP contribution in [-0.2, 0) is 19.7 Å². The number of amides is 2. The van der Waals surface area contributed by atoms with E-state index < -0.39 is 23.2 Å². The molecule has 2 amide bonds. The van der Waals surface area contributed by atoms with Crippen LogP contribution in [0.5, 0.6) is 0 Å². The lowest BCUT2D eigenvalue weighted by molar-refractivity contribution is -0.123. The van der Waals surface area contributed by atoms with Gasteiger partial charge in [0.25, 0.3) is 0 Å². The van der Waals surface area contributed by atoms with Crippen LogP contribution in [0.2, 0.25) is 0 Å². The lowest BCUT2D eigenvalue weighted by Crippen LogP contribution is -2.51. The number of carbonyl (C=O) groups is 3. The molecule has 0 aromatic heterocycles. The van der Waals surface area contributed by atoms with Crippen molar-refractivity contribution in [2.75, 3.05) is 11.5 Å². The third kappa shape index (κ3) is 2.45. The van der Waals surface area contributed by atoms with E-state index in [0.29, 0.717) is 11.3 Å². The average molecular weight is 437 g/mol. The maximum atomic E-state index is 14.0. The summed E-state index contributed by atoms with van der Waals surface area (Å²) < 4.78 is 5.11. The van der Waals surface area contributed by atoms with Gasteiger partial charge in [-0.25, -0.2) is 9.69 Å². The highest BCUT2D eigenvalue weighted by Crippen LogP contribution is 2.64. The number of esters is 1. The number of imide groups is 1. The van der Waals surface area contributed by atoms with E-state index in [4.69, 9.17) is 4.74 Å². The van der Waals surface area contributed by atoms with Gasteiger partial charge < -0.3 is 4.74 Å². The minimum atomic E-state index is -0.604. The quantitative estimate of drug-likeness (QED) is 0.449. The Labute approximate surface area is 192 Å². The molecular weight excluding hydrogens is 414 g/mol. The molecule has 1 saturated heterocycles. The second-order valence-electron chi connectivity index (χ2n) is 9.14. The van der Waals surface area contributed by atoms with Crippen molar-refractivity contribution in [2.24, 2.45) is 11.8 Å². The normalized spacial score (nSPS) is 26.6. The first-order valence-electron chi connectivity index (χ1n) is 11.3. The fourth-order valence-corrected chi connectivity index (χ4v) is 6.39. The van der Waals surface area contributed by atoms with Crippen LogP contribution >= 0.6 is 0 Å². The molecule has 2 bridgehead atoms. The van der Waals surface area contributed by atoms with Crippen LogP contribution in [0.4, 0.5) is 5.69 Å². The Bertz CT molecular complexity index is 1300. The van der Waals surface area contributed by atoms with Gasteiger partial charge in [-0.1, -0.05) is 61.5 Å². The zero-order chi connectivity index (χ0) is 22.9. The summed E-state index contributed by atoms with van der Waals surface area (Å²) in [6.07, 6.45) is 0. The molecule has 0 radical (unpaired) electrons. The molecule has 0 spiro atoms. The van der Waals surface area contributed by atoms with Crippen molar-refractivity contribution in [3.05, 3.63) is 101 Å². The summed E-state index contributed by atoms with van der Waals surface area (Å²) in [5.41, 5.74) is 4.64. The van der Waals surface area contributed by atoms with Crippen LogP contribution in [0.25, 0.3) is 0 Å². The molecule has 3 aromatic carbocycles. The summed E-state index contributed by atoms with van der Waals surface area (Å²) in [5, 5.41) is 0. The van der Waals surface area contributed by atoms with E-state index in [1.54, 1.807) is 31.2 Å². The molecule has 164 valence electrons. The van der Waals surface area contributed by atoms with Gasteiger partial charge in [-0.2, -0.15) is 0 Å². The summed E-state index contributed by atoms with van der Waals surface area (Å²) in [5.74, 6) is -2.01. The van der Waals surface area contributed by atoms with Gasteiger partial charge in [0.15, 0.2) is 0 Å². The average Bonchev–Trinajstić information content (AvgIpc) is 3.11. The number of nitrogens with zero attached hydrogens (tertiary/aromatic N) is 1. The number of hydrogen-bond donors (Lipinski definition) is 0. The molecule has 3 aromatic rings. The topological polar surface area (TPSA) is 63.7 Å². The number of hydrogen-bond acceptors (Lipinski definition) is 4. The largest absolute Gasteiger partial charge is 0.462 e. The smallest absolute Gasteiger partial charge is 0.338 e. The van der Waals surface area contributed by atoms with E-state index in [-0.39, 0.29) is 24.3 Å². The molecule has 1 aliphatic heterocycles. The maximum Gasteiger partial charge on any atom is 0.338 e. The third-order valence-electron chi connectivity index (χ3n) is 7.66. The monoisotopic (exact) mass is 437 g/mol. The van der Waals surface area contributed by atoms with Crippen LogP contribution in [0, 0.1) is 11.8 Å². The van der Waals surface area contributed by atoms with Crippen molar-refractivity contribution in [3.63, 3.8) is 0 Å². The first-order chi connectivity index (χ1) is 16.0. The van der Waals surface area contributed by atoms with Crippen LogP contribution in [0.3, 0.4) is 0 Å². The standard InChI is InChI=1S/C28H23NO4/c1-3-33-27(32)16-9-8-10-17(15-16)29-25(30)23-22-18-11-4-6-13-20(18)28(2,24(23)26(29)31)21-14-7-5-12-19(21)22/h4-15,22-24H,3H2,1-2H3/t22?,23-,24+,28?/m0/s1. The highest BCUT2D eigenvalue weighted by Gasteiger charge is 2.66. The highest BCUT2D eigenvalue weighted by atomic mass is 16.5. The minimum absolute atomic E-state index is 0.168. The van der Waals surface area contributed by atoms with E-state index in [2.05, 4.69) is 31.2 Å². The molecule has 1 heterocycles. The number of benzene rings is 3. The van der Waals surface area contributed by atoms with Crippen molar-refractivity contribution >= 4 is 23.5 Å². The van der Waals surface area contributed by atoms with Crippen molar-refractivity contribution in [3.8, 4) is 0 Å². The van der Waals surface area contributed by atoms with Crippen molar-refractivity contribution in [2.45, 2.75) is 25.2 Å². The molecule has 0 unspecified atom stereocenters. The van der Waals surface area contributed by atoms with Crippen LogP contribution < -0.4 is 4.90 Å². The number of ether oxygens (including phenoxy) is 1. The Morgan fingerprint density at radius 2 is 1.55 bits per heavy atom. The molecule has 5 heteroatoms. The van der Waals surface area contributed by atoms with Crippen LogP contribution in [0.15, 0.2) is 72.8 Å². The molecule has 0 saturated carbocycles. The van der Waals surface area contributed by atoms with Crippen LogP contribution in [-0.4, -0.2) is 24.4 Å². The van der Waals surface area contributed by atoms with Gasteiger partial charge in [0.1, 0.15) is 0 Å². The number of carbonyl (C=O) groups excluding carboxylic acids is 3. The Morgan fingerprint density at radius 1 is 0.909 bits per heavy atom. The van der Waals surface area contributed by atoms with Gasteiger partial charge in [-0.3, -0.25) is 9.59 Å². The molecule has 2 atom stereocenters. The Hall–Kier alpha value is -3.73. The molecule has 33 heavy (non-hydrogen) atoms. The molecule has 5 nitrogen and oxygen atoms in total. The van der Waals surface area contributed by atoms with E-state index in [1.807, 2.05) is 24.3 Å². The SMILES string of the molecule is CCOC(=O)c1cccc(N2C(=O)[C@H]3C4c5ccccc5C(C)(c5ccccc54)[C@H]3C2=O)c1. The van der Waals surface area contributed by atoms with Crippen molar-refractivity contribution in [1.29, 1.82) is 0 Å². The van der Waals surface area contributed by atoms with Gasteiger partial charge in [0.05, 0.1) is 29.7 Å². The maximum absolute atomic E-state index is 14.0. The van der Waals surface area contributed by atoms with E-state index in [9.17, 15) is 14.4 Å². The zero-order valence-electron chi connectivity index (χ0n) is 18.4. The summed E-state index contributed by atoms with van der Waals surface area (Å²) in [7, 11) is 0. The Kier molecular flexibility index (Phi) is 4.15. The first kappa shape index (κ1) is 19.9. The Balaban J connectivity index is 1.52. The van der Waals surface area contributed by atoms with Gasteiger partial charge in [0, 0.05) is 11.3 Å². The second kappa shape index (κ2) is 6.88. The molecular formula is C28H23NO4. The molecule has 4 aliphatic rings. The minimum Gasteiger partial charge on any atom is -0.462 e. The molecule has 3 aliphatic carbocycles. The predicted octanol–water partition coefficient (Wildman–Crippen LogP) is 4.43. The first-order valence-corrected chi connectivity index (χ1v) is 11.3. The van der Waals surface area contributed by atoms with Crippen molar-refractivity contribution in [1.82, 2.24) is 0 Å². The van der Waals surface area contributed by atoms with Gasteiger partial charge >= 0.3 is 5.97 Å². The molecule has 7 rings (SSSR count). The summed E-state index contributed by atoms with van der Waals surface area (Å²) in [6.45, 7) is 4.10. The highest BCUT2D eigenvalue weighted by molar-refractivity contribution is 6.24. The number of rotatable bonds is 3. The van der Waals surface area contributed by atoms with Gasteiger partial charge in [0.2, 0.25) is 11.8 Å². The molecule has 0 N–H and O–H groups in total. The van der Waals surface area contributed by atoms with E-state index >= 15 is 0 Å². The van der Waals surface area contributed by atoms with E-state index in [1.165, 1.54) is 4.90 Å². The van der Waals surface area contributed by atoms with Crippen LogP contribution in [0.1, 0.15) is 52.4 Å². The van der Waals surface area contributed by atoms with E-state index in [0.717, 1.165) is 22.3 Å². The zero-order valence-corrected chi connectivity index (χ0v) is 18.4. The summed E-state index contributed by atoms with van der Waals surface area (Å²) >= 11 is 0. The lowest BCUT2D eigenvalue weighted by Gasteiger charge is -2.52.